The summed E-state index contributed by atoms with van der Waals surface area (Å²) in [7, 11) is -1.72. The Balaban J connectivity index is 1.82. The lowest BCUT2D eigenvalue weighted by Crippen LogP contribution is -1.92. The Morgan fingerprint density at radius 1 is 1.17 bits per heavy atom. The largest absolute Gasteiger partial charge is 0.425 e. The second-order valence-electron chi connectivity index (χ2n) is 5.47. The molecule has 4 rings (SSSR count). The Kier molecular flexibility index (Phi) is 3.68. The van der Waals surface area contributed by atoms with Crippen LogP contribution in [0.1, 0.15) is 0 Å². The normalized spacial score (nSPS) is 14.1. The number of benzene rings is 2. The quantitative estimate of drug-likeness (QED) is 0.503. The Bertz CT molecular complexity index is 1050. The summed E-state index contributed by atoms with van der Waals surface area (Å²) in [6, 6.07) is 15.8. The average Bonchev–Trinajstić information content (AvgIpc) is 3.17. The Hall–Kier alpha value is -2.14. The monoisotopic (exact) mass is 358 g/mol. The Labute approximate surface area is 142 Å². The molecule has 2 aromatic carbocycles. The molecule has 1 N–H and O–H groups in total. The first kappa shape index (κ1) is 15.4. The molecule has 0 fully saturated rings. The molecule has 122 valence electrons. The lowest BCUT2D eigenvalue weighted by atomic mass is 10.1. The third kappa shape index (κ3) is 2.73. The van der Waals surface area contributed by atoms with Crippen LogP contribution >= 0.6 is 18.9 Å². The fraction of sp³-hybridized carbons (Fsp3) is 0.118. The lowest BCUT2D eigenvalue weighted by Gasteiger charge is -2.12. The van der Waals surface area contributed by atoms with Gasteiger partial charge in [-0.1, -0.05) is 18.2 Å². The first-order valence-electron chi connectivity index (χ1n) is 7.36. The molecule has 0 aliphatic rings. The van der Waals surface area contributed by atoms with E-state index in [1.54, 1.807) is 17.4 Å². The average molecular weight is 358 g/mol. The van der Waals surface area contributed by atoms with Crippen LogP contribution in [-0.2, 0) is 9.09 Å². The van der Waals surface area contributed by atoms with Gasteiger partial charge in [-0.3, -0.25) is 5.10 Å². The van der Waals surface area contributed by atoms with Crippen LogP contribution in [0, 0.1) is 0 Å². The van der Waals surface area contributed by atoms with Crippen molar-refractivity contribution in [1.82, 2.24) is 10.2 Å². The fourth-order valence-electron chi connectivity index (χ4n) is 2.57. The zero-order valence-electron chi connectivity index (χ0n) is 13.1. The molecule has 0 spiro atoms. The molecule has 0 aliphatic heterocycles. The number of nitrogens with one attached hydrogen (secondary N) is 1. The zero-order valence-corrected chi connectivity index (χ0v) is 14.9. The fourth-order valence-corrected chi connectivity index (χ4v) is 4.20. The van der Waals surface area contributed by atoms with Gasteiger partial charge < -0.3 is 9.05 Å². The van der Waals surface area contributed by atoms with Gasteiger partial charge in [0, 0.05) is 23.9 Å². The summed E-state index contributed by atoms with van der Waals surface area (Å²) in [5.41, 5.74) is 1.76. The summed E-state index contributed by atoms with van der Waals surface area (Å²) in [5.74, 6) is 0.499. The molecule has 0 bridgehead atoms. The summed E-state index contributed by atoms with van der Waals surface area (Å²) in [6.45, 7) is 1.44. The molecule has 2 heterocycles. The van der Waals surface area contributed by atoms with Gasteiger partial charge in [0.15, 0.2) is 0 Å². The van der Waals surface area contributed by atoms with Gasteiger partial charge in [0.2, 0.25) is 0 Å². The molecule has 0 aliphatic carbocycles. The van der Waals surface area contributed by atoms with Crippen LogP contribution < -0.4 is 4.52 Å². The van der Waals surface area contributed by atoms with Crippen LogP contribution in [0.3, 0.4) is 0 Å². The van der Waals surface area contributed by atoms with Crippen molar-refractivity contribution in [3.05, 3.63) is 48.5 Å². The number of fused-ring (bicyclic) bond motifs is 2. The number of aromatic amines is 1. The molecule has 5 nitrogen and oxygen atoms in total. The predicted octanol–water partition coefficient (Wildman–Crippen LogP) is 5.29. The van der Waals surface area contributed by atoms with Gasteiger partial charge in [0.25, 0.3) is 0 Å². The molecule has 24 heavy (non-hydrogen) atoms. The summed E-state index contributed by atoms with van der Waals surface area (Å²) in [5, 5.41) is 9.60. The minimum absolute atomic E-state index is 0.499. The number of thiophene rings is 1. The van der Waals surface area contributed by atoms with Crippen molar-refractivity contribution in [3.63, 3.8) is 0 Å². The van der Waals surface area contributed by atoms with E-state index in [2.05, 4.69) is 28.4 Å². The van der Waals surface area contributed by atoms with Crippen molar-refractivity contribution in [2.45, 2.75) is 0 Å². The van der Waals surface area contributed by atoms with Crippen molar-refractivity contribution < 1.29 is 13.6 Å². The van der Waals surface area contributed by atoms with Crippen LogP contribution in [0.4, 0.5) is 0 Å². The zero-order chi connectivity index (χ0) is 16.7. The molecule has 0 saturated carbocycles. The maximum Gasteiger partial charge on any atom is 0.375 e. The third-order valence-electron chi connectivity index (χ3n) is 3.80. The van der Waals surface area contributed by atoms with E-state index in [-0.39, 0.29) is 0 Å². The number of hydrogen-bond acceptors (Lipinski definition) is 5. The van der Waals surface area contributed by atoms with Gasteiger partial charge in [-0.2, -0.15) is 5.10 Å². The number of nitrogens with zero attached hydrogens (tertiary/aromatic N) is 1. The van der Waals surface area contributed by atoms with E-state index < -0.39 is 7.60 Å². The maximum atomic E-state index is 12.0. The van der Waals surface area contributed by atoms with Crippen molar-refractivity contribution in [2.75, 3.05) is 13.8 Å². The topological polar surface area (TPSA) is 64.2 Å². The minimum Gasteiger partial charge on any atom is -0.425 e. The van der Waals surface area contributed by atoms with E-state index in [9.17, 15) is 4.57 Å². The number of rotatable bonds is 4. The van der Waals surface area contributed by atoms with Gasteiger partial charge in [0.05, 0.1) is 10.4 Å². The van der Waals surface area contributed by atoms with E-state index >= 15 is 0 Å². The van der Waals surface area contributed by atoms with Gasteiger partial charge in [-0.15, -0.1) is 11.3 Å². The second kappa shape index (κ2) is 5.74. The van der Waals surface area contributed by atoms with Crippen LogP contribution in [-0.4, -0.2) is 24.0 Å². The standard InChI is InChI=1S/C17H15N2O3PS/c1-21-23(2,20)22-12-7-8-14-13(10-12)17(19-18-14)16-9-11-5-3-4-6-15(11)24-16/h3-10H,1-2H3,(H,18,19). The van der Waals surface area contributed by atoms with E-state index in [0.29, 0.717) is 5.75 Å². The first-order valence-corrected chi connectivity index (χ1v) is 10.2. The van der Waals surface area contributed by atoms with E-state index in [1.807, 2.05) is 24.3 Å². The summed E-state index contributed by atoms with van der Waals surface area (Å²) >= 11 is 1.69. The SMILES string of the molecule is COP(C)(=O)Oc1ccc2[nH]nc(-c3cc4ccccc4s3)c2c1. The van der Waals surface area contributed by atoms with Gasteiger partial charge in [-0.25, -0.2) is 4.57 Å². The van der Waals surface area contributed by atoms with Crippen molar-refractivity contribution in [1.29, 1.82) is 0 Å². The van der Waals surface area contributed by atoms with Crippen molar-refractivity contribution in [3.8, 4) is 16.3 Å². The Morgan fingerprint density at radius 2 is 2.00 bits per heavy atom. The van der Waals surface area contributed by atoms with E-state index in [1.165, 1.54) is 23.9 Å². The number of H-pyrrole nitrogens is 1. The van der Waals surface area contributed by atoms with Crippen LogP contribution in [0.5, 0.6) is 5.75 Å². The predicted molar refractivity (Wildman–Crippen MR) is 98.1 cm³/mol. The van der Waals surface area contributed by atoms with Crippen LogP contribution in [0.15, 0.2) is 48.5 Å². The van der Waals surface area contributed by atoms with Crippen LogP contribution in [0.25, 0.3) is 31.6 Å². The maximum absolute atomic E-state index is 12.0. The highest BCUT2D eigenvalue weighted by Gasteiger charge is 2.18. The molecule has 4 aromatic rings. The number of aromatic nitrogens is 2. The highest BCUT2D eigenvalue weighted by atomic mass is 32.1. The van der Waals surface area contributed by atoms with Gasteiger partial charge in [0.1, 0.15) is 11.4 Å². The summed E-state index contributed by atoms with van der Waals surface area (Å²) < 4.78 is 23.6. The van der Waals surface area contributed by atoms with E-state index in [4.69, 9.17) is 9.05 Å². The van der Waals surface area contributed by atoms with Gasteiger partial charge in [-0.05, 0) is 35.7 Å². The third-order valence-corrected chi connectivity index (χ3v) is 6.12. The highest BCUT2D eigenvalue weighted by molar-refractivity contribution is 7.53. The summed E-state index contributed by atoms with van der Waals surface area (Å²) in [6.07, 6.45) is 0. The molecular weight excluding hydrogens is 343 g/mol. The number of hydrogen-bond donors (Lipinski definition) is 1. The molecule has 1 unspecified atom stereocenters. The molecule has 2 aromatic heterocycles. The van der Waals surface area contributed by atoms with E-state index in [0.717, 1.165) is 21.5 Å². The highest BCUT2D eigenvalue weighted by Crippen LogP contribution is 2.44. The smallest absolute Gasteiger partial charge is 0.375 e. The molecular formula is C17H15N2O3PS. The molecule has 1 atom stereocenters. The summed E-state index contributed by atoms with van der Waals surface area (Å²) in [4.78, 5) is 1.08. The van der Waals surface area contributed by atoms with Crippen molar-refractivity contribution >= 4 is 39.9 Å². The molecule has 7 heteroatoms. The first-order chi connectivity index (χ1) is 11.6. The van der Waals surface area contributed by atoms with Gasteiger partial charge >= 0.3 is 7.60 Å². The molecule has 0 radical (unpaired) electrons. The Morgan fingerprint density at radius 3 is 2.79 bits per heavy atom. The van der Waals surface area contributed by atoms with Crippen LogP contribution in [0.2, 0.25) is 0 Å². The lowest BCUT2D eigenvalue weighted by molar-refractivity contribution is 0.328. The molecule has 0 saturated heterocycles. The molecule has 0 amide bonds. The second-order valence-corrected chi connectivity index (χ2v) is 8.65. The minimum atomic E-state index is -3.09. The van der Waals surface area contributed by atoms with Crippen molar-refractivity contribution in [2.24, 2.45) is 0 Å².